The van der Waals surface area contributed by atoms with Crippen molar-refractivity contribution in [1.29, 1.82) is 0 Å². The number of hydrogen-bond donors (Lipinski definition) is 0. The van der Waals surface area contributed by atoms with Gasteiger partial charge in [0.15, 0.2) is 9.84 Å². The van der Waals surface area contributed by atoms with Gasteiger partial charge in [0.2, 0.25) is 5.91 Å². The van der Waals surface area contributed by atoms with E-state index in [0.717, 1.165) is 18.8 Å². The molecular weight excluding hydrogens is 338 g/mol. The van der Waals surface area contributed by atoms with Gasteiger partial charge < -0.3 is 4.90 Å². The molecule has 1 amide bonds. The monoisotopic (exact) mass is 365 g/mol. The summed E-state index contributed by atoms with van der Waals surface area (Å²) in [5.41, 5.74) is 0.893. The highest BCUT2D eigenvalue weighted by Crippen LogP contribution is 2.28. The fourth-order valence-electron chi connectivity index (χ4n) is 3.95. The summed E-state index contributed by atoms with van der Waals surface area (Å²) < 4.78 is 24.4. The van der Waals surface area contributed by atoms with E-state index >= 15 is 0 Å². The Hall–Kier alpha value is -1.47. The molecule has 2 atom stereocenters. The third kappa shape index (κ3) is 4.39. The molecule has 1 aromatic heterocycles. The number of amides is 1. The average Bonchev–Trinajstić information content (AvgIpc) is 2.89. The van der Waals surface area contributed by atoms with Crippen molar-refractivity contribution in [2.45, 2.75) is 38.8 Å². The number of nitrogens with zero attached hydrogens (tertiary/aromatic N) is 3. The predicted molar refractivity (Wildman–Crippen MR) is 96.9 cm³/mol. The van der Waals surface area contributed by atoms with Crippen molar-refractivity contribution in [3.8, 4) is 0 Å². The van der Waals surface area contributed by atoms with E-state index in [1.54, 1.807) is 6.20 Å². The highest BCUT2D eigenvalue weighted by molar-refractivity contribution is 7.91. The zero-order chi connectivity index (χ0) is 18.0. The zero-order valence-electron chi connectivity index (χ0n) is 15.0. The van der Waals surface area contributed by atoms with Gasteiger partial charge in [-0.15, -0.1) is 0 Å². The minimum atomic E-state index is -3.08. The number of carbonyl (C=O) groups is 1. The number of rotatable bonds is 5. The summed E-state index contributed by atoms with van der Waals surface area (Å²) in [5.74, 6) is 0.799. The molecule has 6 nitrogen and oxygen atoms in total. The molecular formula is C18H27N3O3S. The van der Waals surface area contributed by atoms with E-state index in [-0.39, 0.29) is 29.5 Å². The lowest BCUT2D eigenvalue weighted by atomic mass is 10.0. The second-order valence-electron chi connectivity index (χ2n) is 7.51. The first-order valence-electron chi connectivity index (χ1n) is 8.99. The first-order chi connectivity index (χ1) is 11.9. The molecule has 2 fully saturated rings. The van der Waals surface area contributed by atoms with E-state index in [0.29, 0.717) is 25.3 Å². The SMILES string of the molecule is CC(C)CN1CCN(C(=O)CCc2ccccn2)[C@@H]2CS(=O)(=O)C[C@@H]21. The van der Waals surface area contributed by atoms with Gasteiger partial charge in [-0.05, 0) is 24.5 Å². The lowest BCUT2D eigenvalue weighted by Crippen LogP contribution is -2.61. The quantitative estimate of drug-likeness (QED) is 0.778. The van der Waals surface area contributed by atoms with E-state index in [4.69, 9.17) is 0 Å². The lowest BCUT2D eigenvalue weighted by Gasteiger charge is -2.44. The van der Waals surface area contributed by atoms with E-state index in [1.165, 1.54) is 0 Å². The number of fused-ring (bicyclic) bond motifs is 1. The van der Waals surface area contributed by atoms with Gasteiger partial charge in [-0.2, -0.15) is 0 Å². The molecule has 0 bridgehead atoms. The number of aromatic nitrogens is 1. The normalized spacial score (nSPS) is 26.0. The number of pyridine rings is 1. The van der Waals surface area contributed by atoms with E-state index in [1.807, 2.05) is 23.1 Å². The average molecular weight is 365 g/mol. The summed E-state index contributed by atoms with van der Waals surface area (Å²) in [5, 5.41) is 0. The third-order valence-corrected chi connectivity index (χ3v) is 6.73. The molecule has 1 aromatic rings. The summed E-state index contributed by atoms with van der Waals surface area (Å²) in [7, 11) is -3.08. The Kier molecular flexibility index (Phi) is 5.43. The second kappa shape index (κ2) is 7.41. The molecule has 7 heteroatoms. The predicted octanol–water partition coefficient (Wildman–Crippen LogP) is 0.980. The third-order valence-electron chi connectivity index (χ3n) is 5.03. The van der Waals surface area contributed by atoms with Crippen molar-refractivity contribution < 1.29 is 13.2 Å². The number of sulfone groups is 1. The molecule has 2 aliphatic heterocycles. The number of hydrogen-bond acceptors (Lipinski definition) is 5. The largest absolute Gasteiger partial charge is 0.336 e. The van der Waals surface area contributed by atoms with Crippen LogP contribution < -0.4 is 0 Å². The Balaban J connectivity index is 1.68. The summed E-state index contributed by atoms with van der Waals surface area (Å²) >= 11 is 0. The summed E-state index contributed by atoms with van der Waals surface area (Å²) in [6.45, 7) is 6.53. The van der Waals surface area contributed by atoms with Crippen LogP contribution in [0.4, 0.5) is 0 Å². The topological polar surface area (TPSA) is 70.6 Å². The molecule has 0 aliphatic carbocycles. The van der Waals surface area contributed by atoms with Crippen LogP contribution in [0.5, 0.6) is 0 Å². The second-order valence-corrected chi connectivity index (χ2v) is 9.66. The van der Waals surface area contributed by atoms with E-state index < -0.39 is 9.84 Å². The molecule has 138 valence electrons. The van der Waals surface area contributed by atoms with Crippen LogP contribution in [0.1, 0.15) is 26.0 Å². The molecule has 0 N–H and O–H groups in total. The van der Waals surface area contributed by atoms with E-state index in [9.17, 15) is 13.2 Å². The fourth-order valence-corrected chi connectivity index (χ4v) is 5.97. The number of piperazine rings is 1. The van der Waals surface area contributed by atoms with Crippen LogP contribution in [0.3, 0.4) is 0 Å². The van der Waals surface area contributed by atoms with E-state index in [2.05, 4.69) is 23.7 Å². The van der Waals surface area contributed by atoms with Gasteiger partial charge in [0.05, 0.1) is 17.5 Å². The van der Waals surface area contributed by atoms with Crippen LogP contribution in [-0.2, 0) is 21.1 Å². The Morgan fingerprint density at radius 3 is 2.68 bits per heavy atom. The van der Waals surface area contributed by atoms with Crippen LogP contribution >= 0.6 is 0 Å². The van der Waals surface area contributed by atoms with Gasteiger partial charge in [-0.3, -0.25) is 14.7 Å². The molecule has 3 rings (SSSR count). The molecule has 25 heavy (non-hydrogen) atoms. The minimum Gasteiger partial charge on any atom is -0.336 e. The number of aryl methyl sites for hydroxylation is 1. The maximum atomic E-state index is 12.7. The van der Waals surface area contributed by atoms with Gasteiger partial charge >= 0.3 is 0 Å². The fraction of sp³-hybridized carbons (Fsp3) is 0.667. The van der Waals surface area contributed by atoms with Gasteiger partial charge in [-0.1, -0.05) is 19.9 Å². The first-order valence-corrected chi connectivity index (χ1v) is 10.8. The maximum absolute atomic E-state index is 12.7. The van der Waals surface area contributed by atoms with Crippen LogP contribution in [0, 0.1) is 5.92 Å². The summed E-state index contributed by atoms with van der Waals surface area (Å²) in [6, 6.07) is 5.43. The number of carbonyl (C=O) groups excluding carboxylic acids is 1. The molecule has 0 saturated carbocycles. The van der Waals surface area contributed by atoms with Crippen molar-refractivity contribution in [1.82, 2.24) is 14.8 Å². The smallest absolute Gasteiger partial charge is 0.223 e. The van der Waals surface area contributed by atoms with Gasteiger partial charge in [0, 0.05) is 44.0 Å². The van der Waals surface area contributed by atoms with Crippen molar-refractivity contribution in [3.05, 3.63) is 30.1 Å². The molecule has 2 aliphatic rings. The van der Waals surface area contributed by atoms with Gasteiger partial charge in [-0.25, -0.2) is 8.42 Å². The summed E-state index contributed by atoms with van der Waals surface area (Å²) in [6.07, 6.45) is 2.70. The minimum absolute atomic E-state index is 0.0435. The standard InChI is InChI=1S/C18H27N3O3S/c1-14(2)11-20-9-10-21(17-13-25(23,24)12-16(17)20)18(22)7-6-15-5-3-4-8-19-15/h3-5,8,14,16-17H,6-7,9-13H2,1-2H3/t16-,17+/m0/s1. The lowest BCUT2D eigenvalue weighted by molar-refractivity contribution is -0.137. The Morgan fingerprint density at radius 1 is 1.24 bits per heavy atom. The Morgan fingerprint density at radius 2 is 2.00 bits per heavy atom. The molecule has 0 aromatic carbocycles. The van der Waals surface area contributed by atoms with Crippen molar-refractivity contribution in [3.63, 3.8) is 0 Å². The molecule has 0 spiro atoms. The van der Waals surface area contributed by atoms with Gasteiger partial charge in [0.25, 0.3) is 0 Å². The molecule has 0 unspecified atom stereocenters. The highest BCUT2D eigenvalue weighted by atomic mass is 32.2. The molecule has 2 saturated heterocycles. The van der Waals surface area contributed by atoms with Crippen molar-refractivity contribution in [2.75, 3.05) is 31.1 Å². The summed E-state index contributed by atoms with van der Waals surface area (Å²) in [4.78, 5) is 21.1. The first kappa shape index (κ1) is 18.3. The van der Waals surface area contributed by atoms with Crippen LogP contribution in [-0.4, -0.2) is 72.3 Å². The van der Waals surface area contributed by atoms with Crippen LogP contribution in [0.2, 0.25) is 0 Å². The van der Waals surface area contributed by atoms with Crippen LogP contribution in [0.15, 0.2) is 24.4 Å². The van der Waals surface area contributed by atoms with Crippen molar-refractivity contribution >= 4 is 15.7 Å². The van der Waals surface area contributed by atoms with Crippen LogP contribution in [0.25, 0.3) is 0 Å². The molecule has 0 radical (unpaired) electrons. The van der Waals surface area contributed by atoms with Gasteiger partial charge in [0.1, 0.15) is 0 Å². The zero-order valence-corrected chi connectivity index (χ0v) is 15.8. The maximum Gasteiger partial charge on any atom is 0.223 e. The highest BCUT2D eigenvalue weighted by Gasteiger charge is 2.47. The Bertz CT molecular complexity index is 706. The molecule has 3 heterocycles. The van der Waals surface area contributed by atoms with Crippen molar-refractivity contribution in [2.24, 2.45) is 5.92 Å². The Labute approximate surface area is 150 Å².